The third-order valence-corrected chi connectivity index (χ3v) is 4.97. The van der Waals surface area contributed by atoms with Crippen molar-refractivity contribution in [3.63, 3.8) is 0 Å². The van der Waals surface area contributed by atoms with Crippen molar-refractivity contribution in [1.29, 1.82) is 0 Å². The summed E-state index contributed by atoms with van der Waals surface area (Å²) in [4.78, 5) is 0. The van der Waals surface area contributed by atoms with E-state index in [2.05, 4.69) is 0 Å². The van der Waals surface area contributed by atoms with Gasteiger partial charge in [-0.25, -0.2) is 0 Å². The van der Waals surface area contributed by atoms with Gasteiger partial charge in [-0.1, -0.05) is 29.3 Å². The second-order valence-electron chi connectivity index (χ2n) is 5.13. The summed E-state index contributed by atoms with van der Waals surface area (Å²) in [6.07, 6.45) is 4.46. The van der Waals surface area contributed by atoms with Crippen LogP contribution in [0.2, 0.25) is 10.0 Å². The van der Waals surface area contributed by atoms with Gasteiger partial charge in [0.1, 0.15) is 0 Å². The molecule has 1 aromatic rings. The molecule has 0 amide bonds. The Morgan fingerprint density at radius 3 is 2.56 bits per heavy atom. The van der Waals surface area contributed by atoms with E-state index >= 15 is 0 Å². The van der Waals surface area contributed by atoms with Crippen LogP contribution in [0.1, 0.15) is 31.2 Å². The van der Waals surface area contributed by atoms with E-state index < -0.39 is 5.60 Å². The van der Waals surface area contributed by atoms with Crippen LogP contribution in [0.15, 0.2) is 18.2 Å². The predicted octanol–water partition coefficient (Wildman–Crippen LogP) is 4.00. The number of hydrogen-bond donors (Lipinski definition) is 1. The topological polar surface area (TPSA) is 20.2 Å². The molecule has 0 radical (unpaired) electrons. The van der Waals surface area contributed by atoms with Crippen LogP contribution in [0.5, 0.6) is 0 Å². The smallest absolute Gasteiger partial charge is 0.0927 e. The predicted molar refractivity (Wildman–Crippen MR) is 65.8 cm³/mol. The molecule has 3 rings (SSSR count). The first-order valence-corrected chi connectivity index (χ1v) is 6.53. The molecule has 0 heterocycles. The maximum Gasteiger partial charge on any atom is 0.0927 e. The zero-order valence-electron chi connectivity index (χ0n) is 8.92. The molecule has 2 aliphatic rings. The lowest BCUT2D eigenvalue weighted by atomic mass is 9.79. The number of aliphatic hydroxyl groups is 1. The molecule has 3 atom stereocenters. The number of halogens is 2. The first-order valence-electron chi connectivity index (χ1n) is 5.77. The number of fused-ring (bicyclic) bond motifs is 2. The maximum atomic E-state index is 10.8. The van der Waals surface area contributed by atoms with Crippen molar-refractivity contribution in [2.75, 3.05) is 0 Å². The fourth-order valence-corrected chi connectivity index (χ4v) is 3.72. The summed E-state index contributed by atoms with van der Waals surface area (Å²) in [6.45, 7) is 0. The second kappa shape index (κ2) is 3.63. The highest BCUT2D eigenvalue weighted by molar-refractivity contribution is 6.42. The van der Waals surface area contributed by atoms with Crippen LogP contribution in [0, 0.1) is 11.8 Å². The highest BCUT2D eigenvalue weighted by Gasteiger charge is 2.50. The highest BCUT2D eigenvalue weighted by Crippen LogP contribution is 2.55. The Balaban J connectivity index is 2.00. The fraction of sp³-hybridized carbons (Fsp3) is 0.538. The molecule has 3 unspecified atom stereocenters. The summed E-state index contributed by atoms with van der Waals surface area (Å²) >= 11 is 11.9. The molecule has 2 bridgehead atoms. The molecule has 2 aliphatic carbocycles. The zero-order chi connectivity index (χ0) is 11.3. The average molecular weight is 257 g/mol. The minimum atomic E-state index is -0.656. The van der Waals surface area contributed by atoms with Crippen molar-refractivity contribution in [1.82, 2.24) is 0 Å². The number of benzene rings is 1. The Labute approximate surface area is 105 Å². The van der Waals surface area contributed by atoms with Crippen LogP contribution in [0.4, 0.5) is 0 Å². The highest BCUT2D eigenvalue weighted by atomic mass is 35.5. The van der Waals surface area contributed by atoms with Gasteiger partial charge in [0.25, 0.3) is 0 Å². The molecule has 86 valence electrons. The standard InChI is InChI=1S/C13H14Cl2O/c14-11-4-3-10(6-12(11)15)13(16)7-8-1-2-9(13)5-8/h3-4,6,8-9,16H,1-2,5,7H2. The van der Waals surface area contributed by atoms with Gasteiger partial charge >= 0.3 is 0 Å². The first kappa shape index (κ1) is 10.9. The molecule has 16 heavy (non-hydrogen) atoms. The van der Waals surface area contributed by atoms with Gasteiger partial charge < -0.3 is 5.11 Å². The van der Waals surface area contributed by atoms with Crippen molar-refractivity contribution < 1.29 is 5.11 Å². The van der Waals surface area contributed by atoms with Crippen molar-refractivity contribution in [3.8, 4) is 0 Å². The van der Waals surface area contributed by atoms with E-state index in [4.69, 9.17) is 23.2 Å². The Hall–Kier alpha value is -0.240. The van der Waals surface area contributed by atoms with Crippen LogP contribution in [0.3, 0.4) is 0 Å². The van der Waals surface area contributed by atoms with Crippen LogP contribution < -0.4 is 0 Å². The molecule has 1 nitrogen and oxygen atoms in total. The summed E-state index contributed by atoms with van der Waals surface area (Å²) in [5.74, 6) is 1.11. The summed E-state index contributed by atoms with van der Waals surface area (Å²) in [5, 5.41) is 11.9. The van der Waals surface area contributed by atoms with E-state index in [1.807, 2.05) is 12.1 Å². The molecule has 0 spiro atoms. The lowest BCUT2D eigenvalue weighted by Crippen LogP contribution is -2.32. The molecular formula is C13H14Cl2O. The lowest BCUT2D eigenvalue weighted by Gasteiger charge is -2.33. The van der Waals surface area contributed by atoms with Crippen molar-refractivity contribution in [3.05, 3.63) is 33.8 Å². The Morgan fingerprint density at radius 1 is 1.19 bits per heavy atom. The molecule has 2 saturated carbocycles. The largest absolute Gasteiger partial charge is 0.385 e. The SMILES string of the molecule is OC1(c2ccc(Cl)c(Cl)c2)CC2CCC1C2. The van der Waals surface area contributed by atoms with Gasteiger partial charge in [0, 0.05) is 0 Å². The summed E-state index contributed by atoms with van der Waals surface area (Å²) in [7, 11) is 0. The Bertz CT molecular complexity index is 432. The van der Waals surface area contributed by atoms with E-state index in [0.29, 0.717) is 21.9 Å². The molecule has 1 aromatic carbocycles. The van der Waals surface area contributed by atoms with Gasteiger partial charge in [-0.05, 0) is 55.2 Å². The van der Waals surface area contributed by atoms with Crippen LogP contribution in [-0.2, 0) is 5.60 Å². The Kier molecular flexibility index (Phi) is 2.47. The van der Waals surface area contributed by atoms with Gasteiger partial charge in [-0.3, -0.25) is 0 Å². The molecule has 3 heteroatoms. The number of rotatable bonds is 1. The molecule has 0 aromatic heterocycles. The van der Waals surface area contributed by atoms with Crippen molar-refractivity contribution >= 4 is 23.2 Å². The van der Waals surface area contributed by atoms with Crippen molar-refractivity contribution in [2.24, 2.45) is 11.8 Å². The third kappa shape index (κ3) is 1.49. The number of hydrogen-bond acceptors (Lipinski definition) is 1. The van der Waals surface area contributed by atoms with E-state index in [0.717, 1.165) is 24.8 Å². The minimum Gasteiger partial charge on any atom is -0.385 e. The molecule has 0 saturated heterocycles. The first-order chi connectivity index (χ1) is 7.59. The average Bonchev–Trinajstić information content (AvgIpc) is 2.82. The van der Waals surface area contributed by atoms with Gasteiger partial charge in [0.05, 0.1) is 15.6 Å². The van der Waals surface area contributed by atoms with E-state index in [9.17, 15) is 5.11 Å². The third-order valence-electron chi connectivity index (χ3n) is 4.24. The molecule has 2 fully saturated rings. The maximum absolute atomic E-state index is 10.8. The van der Waals surface area contributed by atoms with Crippen molar-refractivity contribution in [2.45, 2.75) is 31.3 Å². The quantitative estimate of drug-likeness (QED) is 0.806. The molecule has 1 N–H and O–H groups in total. The van der Waals surface area contributed by atoms with Crippen LogP contribution >= 0.6 is 23.2 Å². The minimum absolute atomic E-state index is 0.412. The normalized spacial score (nSPS) is 36.9. The second-order valence-corrected chi connectivity index (χ2v) is 5.95. The summed E-state index contributed by atoms with van der Waals surface area (Å²) in [6, 6.07) is 5.52. The van der Waals surface area contributed by atoms with E-state index in [1.165, 1.54) is 6.42 Å². The van der Waals surface area contributed by atoms with Crippen LogP contribution in [0.25, 0.3) is 0 Å². The van der Waals surface area contributed by atoms with Gasteiger partial charge in [-0.2, -0.15) is 0 Å². The summed E-state index contributed by atoms with van der Waals surface area (Å²) in [5.41, 5.74) is 0.283. The van der Waals surface area contributed by atoms with E-state index in [-0.39, 0.29) is 0 Å². The lowest BCUT2D eigenvalue weighted by molar-refractivity contribution is -0.0182. The summed E-state index contributed by atoms with van der Waals surface area (Å²) < 4.78 is 0. The van der Waals surface area contributed by atoms with Crippen LogP contribution in [-0.4, -0.2) is 5.11 Å². The molecular weight excluding hydrogens is 243 g/mol. The fourth-order valence-electron chi connectivity index (χ4n) is 3.42. The zero-order valence-corrected chi connectivity index (χ0v) is 10.4. The Morgan fingerprint density at radius 2 is 2.00 bits per heavy atom. The van der Waals surface area contributed by atoms with E-state index in [1.54, 1.807) is 6.07 Å². The monoisotopic (exact) mass is 256 g/mol. The van der Waals surface area contributed by atoms with Gasteiger partial charge in [0.2, 0.25) is 0 Å². The van der Waals surface area contributed by atoms with Gasteiger partial charge in [0.15, 0.2) is 0 Å². The van der Waals surface area contributed by atoms with Gasteiger partial charge in [-0.15, -0.1) is 0 Å². The molecule has 0 aliphatic heterocycles.